The molecule has 0 aliphatic carbocycles. The number of nitrogens with one attached hydrogen (secondary N) is 1. The van der Waals surface area contributed by atoms with Crippen LogP contribution in [-0.4, -0.2) is 45.7 Å². The Bertz CT molecular complexity index is 869. The van der Waals surface area contributed by atoms with Gasteiger partial charge in [0.2, 0.25) is 5.91 Å². The SMILES string of the molecule is C=CC.CC(=O)[C@@H]1CCCN1C(=O)[C@@H](Nc1nc(-c2ccccc2)cs1)C(C)(C)C.O.[HH].[HH]. The third-order valence-corrected chi connectivity index (χ3v) is 5.73. The lowest BCUT2D eigenvalue weighted by Crippen LogP contribution is -2.52. The largest absolute Gasteiger partial charge is 0.412 e. The van der Waals surface area contributed by atoms with Gasteiger partial charge in [-0.15, -0.1) is 17.9 Å². The van der Waals surface area contributed by atoms with Gasteiger partial charge in [-0.2, -0.15) is 0 Å². The van der Waals surface area contributed by atoms with Crippen LogP contribution in [0.15, 0.2) is 48.4 Å². The molecule has 174 valence electrons. The first-order valence-corrected chi connectivity index (χ1v) is 11.2. The summed E-state index contributed by atoms with van der Waals surface area (Å²) in [5, 5.41) is 6.07. The van der Waals surface area contributed by atoms with E-state index in [1.165, 1.54) is 11.3 Å². The number of benzene rings is 1. The highest BCUT2D eigenvalue weighted by Crippen LogP contribution is 2.31. The first kappa shape index (κ1) is 26.5. The van der Waals surface area contributed by atoms with Gasteiger partial charge in [0.15, 0.2) is 10.9 Å². The van der Waals surface area contributed by atoms with Crippen molar-refractivity contribution in [1.82, 2.24) is 9.88 Å². The summed E-state index contributed by atoms with van der Waals surface area (Å²) in [7, 11) is 0. The van der Waals surface area contributed by atoms with Gasteiger partial charge in [0, 0.05) is 20.3 Å². The third-order valence-electron chi connectivity index (χ3n) is 4.96. The molecule has 1 saturated heterocycles. The summed E-state index contributed by atoms with van der Waals surface area (Å²) in [5.41, 5.74) is 1.64. The maximum Gasteiger partial charge on any atom is 0.246 e. The molecule has 0 saturated carbocycles. The van der Waals surface area contributed by atoms with E-state index in [-0.39, 0.29) is 31.5 Å². The van der Waals surface area contributed by atoms with Crippen LogP contribution in [0.2, 0.25) is 0 Å². The summed E-state index contributed by atoms with van der Waals surface area (Å²) >= 11 is 1.50. The molecule has 2 atom stereocenters. The fourth-order valence-electron chi connectivity index (χ4n) is 3.47. The van der Waals surface area contributed by atoms with E-state index in [2.05, 4.69) is 16.9 Å². The Kier molecular flexibility index (Phi) is 10.1. The number of amides is 1. The highest BCUT2D eigenvalue weighted by Gasteiger charge is 2.40. The maximum atomic E-state index is 13.3. The summed E-state index contributed by atoms with van der Waals surface area (Å²) < 4.78 is 0. The van der Waals surface area contributed by atoms with E-state index in [9.17, 15) is 9.59 Å². The average molecular weight is 450 g/mol. The first-order valence-electron chi connectivity index (χ1n) is 10.3. The van der Waals surface area contributed by atoms with Gasteiger partial charge in [0.25, 0.3) is 0 Å². The standard InChI is InChI=1S/C21H27N3O2S.C3H6.H2O.2H2/c1-14(25)17-11-8-12-24(17)19(26)18(21(2,3)4)23-20-22-16(13-27-20)15-9-6-5-7-10-15;1-3-2;;;/h5-7,9-10,13,17-18H,8,11-12H2,1-4H3,(H,22,23);3H,1H2,2H3;1H2;2*1H/t17-,18+;;;;/m0..../s1. The molecule has 1 aliphatic heterocycles. The summed E-state index contributed by atoms with van der Waals surface area (Å²) in [4.78, 5) is 31.6. The molecule has 6 nitrogen and oxygen atoms in total. The smallest absolute Gasteiger partial charge is 0.246 e. The van der Waals surface area contributed by atoms with E-state index in [0.29, 0.717) is 6.54 Å². The Morgan fingerprint density at radius 3 is 2.48 bits per heavy atom. The zero-order valence-electron chi connectivity index (χ0n) is 19.1. The Hall–Kier alpha value is -2.51. The van der Waals surface area contributed by atoms with Crippen LogP contribution in [0.25, 0.3) is 11.3 Å². The minimum Gasteiger partial charge on any atom is -0.412 e. The number of ketones is 1. The fraction of sp³-hybridized carbons (Fsp3) is 0.458. The van der Waals surface area contributed by atoms with E-state index in [1.807, 2.05) is 63.4 Å². The van der Waals surface area contributed by atoms with Gasteiger partial charge in [-0.1, -0.05) is 57.2 Å². The van der Waals surface area contributed by atoms with Crippen molar-refractivity contribution in [2.45, 2.75) is 59.5 Å². The molecule has 2 heterocycles. The lowest BCUT2D eigenvalue weighted by atomic mass is 9.85. The first-order chi connectivity index (χ1) is 14.2. The van der Waals surface area contributed by atoms with E-state index in [0.717, 1.165) is 29.2 Å². The topological polar surface area (TPSA) is 93.8 Å². The molecule has 1 aromatic heterocycles. The van der Waals surface area contributed by atoms with Crippen molar-refractivity contribution in [1.29, 1.82) is 0 Å². The van der Waals surface area contributed by atoms with Crippen molar-refractivity contribution in [3.63, 3.8) is 0 Å². The quantitative estimate of drug-likeness (QED) is 0.644. The lowest BCUT2D eigenvalue weighted by molar-refractivity contribution is -0.139. The number of hydrogen-bond acceptors (Lipinski definition) is 5. The second-order valence-corrected chi connectivity index (χ2v) is 9.41. The van der Waals surface area contributed by atoms with Crippen molar-refractivity contribution in [3.05, 3.63) is 48.4 Å². The van der Waals surface area contributed by atoms with Crippen molar-refractivity contribution in [3.8, 4) is 11.3 Å². The summed E-state index contributed by atoms with van der Waals surface area (Å²) in [6.07, 6.45) is 3.38. The molecule has 1 aromatic carbocycles. The zero-order chi connectivity index (χ0) is 22.3. The summed E-state index contributed by atoms with van der Waals surface area (Å²) in [5.74, 6) is 0.0470. The van der Waals surface area contributed by atoms with Crippen LogP contribution in [0.5, 0.6) is 0 Å². The molecule has 2 aromatic rings. The van der Waals surface area contributed by atoms with Crippen LogP contribution >= 0.6 is 11.3 Å². The number of Topliss-reactive ketones (excluding diaryl/α,β-unsaturated/α-hetero) is 1. The minimum absolute atomic E-state index is 0. The number of nitrogens with zero attached hydrogens (tertiary/aromatic N) is 2. The normalized spacial score (nSPS) is 16.4. The van der Waals surface area contributed by atoms with Gasteiger partial charge in [0.1, 0.15) is 6.04 Å². The molecule has 0 bridgehead atoms. The molecular formula is C24H39N3O3S. The molecule has 3 rings (SSSR count). The molecule has 3 N–H and O–H groups in total. The highest BCUT2D eigenvalue weighted by molar-refractivity contribution is 7.14. The number of thiazole rings is 1. The maximum absolute atomic E-state index is 13.3. The van der Waals surface area contributed by atoms with Crippen LogP contribution < -0.4 is 5.32 Å². The summed E-state index contributed by atoms with van der Waals surface area (Å²) in [6, 6.07) is 9.26. The molecule has 7 heteroatoms. The van der Waals surface area contributed by atoms with Gasteiger partial charge >= 0.3 is 0 Å². The Morgan fingerprint density at radius 1 is 1.32 bits per heavy atom. The van der Waals surface area contributed by atoms with E-state index < -0.39 is 6.04 Å². The fourth-order valence-corrected chi connectivity index (χ4v) is 4.22. The predicted octanol–water partition coefficient (Wildman–Crippen LogP) is 5.08. The van der Waals surface area contributed by atoms with Crippen LogP contribution in [0.1, 0.15) is 50.3 Å². The molecule has 1 fully saturated rings. The predicted molar refractivity (Wildman–Crippen MR) is 134 cm³/mol. The molecule has 0 radical (unpaired) electrons. The van der Waals surface area contributed by atoms with E-state index >= 15 is 0 Å². The Labute approximate surface area is 192 Å². The second kappa shape index (κ2) is 11.8. The van der Waals surface area contributed by atoms with Crippen molar-refractivity contribution in [2.24, 2.45) is 5.41 Å². The monoisotopic (exact) mass is 449 g/mol. The van der Waals surface area contributed by atoms with Crippen LogP contribution in [0.4, 0.5) is 5.13 Å². The molecule has 0 unspecified atom stereocenters. The van der Waals surface area contributed by atoms with Gasteiger partial charge in [0.05, 0.1) is 11.7 Å². The molecular weight excluding hydrogens is 410 g/mol. The summed E-state index contributed by atoms with van der Waals surface area (Å²) in [6.45, 7) is 13.6. The number of carbonyl (C=O) groups excluding carboxylic acids is 2. The number of anilines is 1. The van der Waals surface area contributed by atoms with E-state index in [4.69, 9.17) is 0 Å². The molecule has 1 amide bonds. The van der Waals surface area contributed by atoms with Crippen molar-refractivity contribution < 1.29 is 17.9 Å². The Balaban J connectivity index is 0. The number of carbonyl (C=O) groups is 2. The second-order valence-electron chi connectivity index (χ2n) is 8.56. The number of hydrogen-bond donors (Lipinski definition) is 1. The van der Waals surface area contributed by atoms with Gasteiger partial charge < -0.3 is 15.7 Å². The lowest BCUT2D eigenvalue weighted by Gasteiger charge is -2.35. The number of aromatic nitrogens is 1. The third kappa shape index (κ3) is 7.01. The highest BCUT2D eigenvalue weighted by atomic mass is 32.1. The van der Waals surface area contributed by atoms with Crippen LogP contribution in [0, 0.1) is 5.41 Å². The number of rotatable bonds is 5. The molecule has 0 spiro atoms. The van der Waals surface area contributed by atoms with Crippen LogP contribution in [-0.2, 0) is 9.59 Å². The zero-order valence-corrected chi connectivity index (χ0v) is 20.0. The van der Waals surface area contributed by atoms with Crippen molar-refractivity contribution >= 4 is 28.2 Å². The van der Waals surface area contributed by atoms with Gasteiger partial charge in [-0.3, -0.25) is 9.59 Å². The molecule has 31 heavy (non-hydrogen) atoms. The average Bonchev–Trinajstić information content (AvgIpc) is 3.36. The number of allylic oxidation sites excluding steroid dienone is 1. The van der Waals surface area contributed by atoms with Crippen molar-refractivity contribution in [2.75, 3.05) is 11.9 Å². The van der Waals surface area contributed by atoms with Crippen LogP contribution in [0.3, 0.4) is 0 Å². The number of likely N-dealkylation sites (tertiary alicyclic amines) is 1. The minimum atomic E-state index is -0.438. The van der Waals surface area contributed by atoms with Gasteiger partial charge in [-0.25, -0.2) is 4.98 Å². The Morgan fingerprint density at radius 2 is 1.94 bits per heavy atom. The van der Waals surface area contributed by atoms with Gasteiger partial charge in [-0.05, 0) is 32.1 Å². The van der Waals surface area contributed by atoms with E-state index in [1.54, 1.807) is 17.9 Å². The molecule has 1 aliphatic rings.